The lowest BCUT2D eigenvalue weighted by atomic mass is 10.0. The number of carbonyl (C=O) groups is 1. The van der Waals surface area contributed by atoms with E-state index in [2.05, 4.69) is 86.7 Å². The molecule has 2 nitrogen and oxygen atoms in total. The molecule has 0 amide bonds. The number of aromatic nitrogens is 1. The van der Waals surface area contributed by atoms with E-state index in [1.165, 1.54) is 10.8 Å². The maximum atomic E-state index is 11.2. The van der Waals surface area contributed by atoms with Gasteiger partial charge in [-0.3, -0.25) is 4.79 Å². The van der Waals surface area contributed by atoms with Crippen LogP contribution < -0.4 is 0 Å². The standard InChI is InChI=1S/C21H15Br2NO/c1-12-7-14(11-25)8-13(2)21(12)24-19-9-15(22)3-5-17(19)18-6-4-16(23)10-20(18)24/h3-11H,1-2H3. The summed E-state index contributed by atoms with van der Waals surface area (Å²) >= 11 is 7.20. The third-order valence-corrected chi connectivity index (χ3v) is 5.55. The molecule has 1 heterocycles. The minimum absolute atomic E-state index is 0.710. The van der Waals surface area contributed by atoms with Gasteiger partial charge >= 0.3 is 0 Å². The number of rotatable bonds is 2. The number of hydrogen-bond acceptors (Lipinski definition) is 1. The fourth-order valence-corrected chi connectivity index (χ4v) is 4.31. The van der Waals surface area contributed by atoms with Crippen LogP contribution in [0.3, 0.4) is 0 Å². The molecule has 0 spiro atoms. The molecule has 124 valence electrons. The number of nitrogens with zero attached hydrogens (tertiary/aromatic N) is 1. The van der Waals surface area contributed by atoms with Crippen LogP contribution in [0.4, 0.5) is 0 Å². The van der Waals surface area contributed by atoms with Crippen LogP contribution in [0, 0.1) is 13.8 Å². The zero-order valence-corrected chi connectivity index (χ0v) is 17.0. The Labute approximate surface area is 162 Å². The van der Waals surface area contributed by atoms with Gasteiger partial charge in [0.2, 0.25) is 0 Å². The molecule has 25 heavy (non-hydrogen) atoms. The summed E-state index contributed by atoms with van der Waals surface area (Å²) < 4.78 is 4.38. The molecule has 0 aliphatic heterocycles. The first-order chi connectivity index (χ1) is 12.0. The fourth-order valence-electron chi connectivity index (χ4n) is 3.62. The second-order valence-corrected chi connectivity index (χ2v) is 8.11. The normalized spacial score (nSPS) is 11.4. The molecule has 0 N–H and O–H groups in total. The second-order valence-electron chi connectivity index (χ2n) is 6.28. The van der Waals surface area contributed by atoms with Gasteiger partial charge in [-0.25, -0.2) is 0 Å². The van der Waals surface area contributed by atoms with E-state index in [1.807, 2.05) is 12.1 Å². The van der Waals surface area contributed by atoms with Crippen LogP contribution in [0.25, 0.3) is 27.5 Å². The quantitative estimate of drug-likeness (QED) is 0.306. The van der Waals surface area contributed by atoms with Crippen LogP contribution in [0.15, 0.2) is 57.5 Å². The van der Waals surface area contributed by atoms with Gasteiger partial charge in [0.1, 0.15) is 6.29 Å². The minimum Gasteiger partial charge on any atom is -0.309 e. The summed E-state index contributed by atoms with van der Waals surface area (Å²) in [6, 6.07) is 16.6. The average Bonchev–Trinajstić information content (AvgIpc) is 2.87. The van der Waals surface area contributed by atoms with Crippen LogP contribution >= 0.6 is 31.9 Å². The number of aldehydes is 1. The number of hydrogen-bond donors (Lipinski definition) is 0. The fraction of sp³-hybridized carbons (Fsp3) is 0.0952. The van der Waals surface area contributed by atoms with E-state index in [0.717, 1.165) is 43.1 Å². The summed E-state index contributed by atoms with van der Waals surface area (Å²) in [5.41, 5.74) is 6.30. The Morgan fingerprint density at radius 3 is 1.72 bits per heavy atom. The molecular formula is C21H15Br2NO. The minimum atomic E-state index is 0.710. The maximum absolute atomic E-state index is 11.2. The number of halogens is 2. The summed E-state index contributed by atoms with van der Waals surface area (Å²) in [5.74, 6) is 0. The smallest absolute Gasteiger partial charge is 0.150 e. The summed E-state index contributed by atoms with van der Waals surface area (Å²) in [6.07, 6.45) is 0.906. The van der Waals surface area contributed by atoms with E-state index < -0.39 is 0 Å². The largest absolute Gasteiger partial charge is 0.309 e. The van der Waals surface area contributed by atoms with Crippen LogP contribution in [-0.2, 0) is 0 Å². The first-order valence-corrected chi connectivity index (χ1v) is 9.54. The van der Waals surface area contributed by atoms with Crippen molar-refractivity contribution in [3.05, 3.63) is 74.2 Å². The average molecular weight is 457 g/mol. The van der Waals surface area contributed by atoms with Gasteiger partial charge in [0, 0.05) is 25.3 Å². The Morgan fingerprint density at radius 1 is 0.800 bits per heavy atom. The van der Waals surface area contributed by atoms with E-state index >= 15 is 0 Å². The van der Waals surface area contributed by atoms with E-state index in [0.29, 0.717) is 5.56 Å². The van der Waals surface area contributed by atoms with Gasteiger partial charge in [0.25, 0.3) is 0 Å². The van der Waals surface area contributed by atoms with Crippen molar-refractivity contribution in [2.75, 3.05) is 0 Å². The predicted octanol–water partition coefficient (Wildman–Crippen LogP) is 6.74. The van der Waals surface area contributed by atoms with Crippen LogP contribution in [0.5, 0.6) is 0 Å². The summed E-state index contributed by atoms with van der Waals surface area (Å²) in [4.78, 5) is 11.2. The Morgan fingerprint density at radius 2 is 1.28 bits per heavy atom. The number of fused-ring (bicyclic) bond motifs is 3. The molecule has 0 radical (unpaired) electrons. The lowest BCUT2D eigenvalue weighted by Gasteiger charge is -2.15. The van der Waals surface area contributed by atoms with E-state index in [9.17, 15) is 4.79 Å². The zero-order chi connectivity index (χ0) is 17.7. The second kappa shape index (κ2) is 6.11. The van der Waals surface area contributed by atoms with Gasteiger partial charge in [-0.05, 0) is 61.4 Å². The van der Waals surface area contributed by atoms with Crippen molar-refractivity contribution in [2.45, 2.75) is 13.8 Å². The number of carbonyl (C=O) groups excluding carboxylic acids is 1. The molecule has 0 fully saturated rings. The Balaban J connectivity index is 2.22. The summed E-state index contributed by atoms with van der Waals surface area (Å²) in [5, 5.41) is 2.42. The molecule has 1 aromatic heterocycles. The van der Waals surface area contributed by atoms with Gasteiger partial charge in [0.15, 0.2) is 0 Å². The summed E-state index contributed by atoms with van der Waals surface area (Å²) in [6.45, 7) is 4.12. The SMILES string of the molecule is Cc1cc(C=O)cc(C)c1-n1c2cc(Br)ccc2c2ccc(Br)cc21. The molecular weight excluding hydrogens is 442 g/mol. The lowest BCUT2D eigenvalue weighted by molar-refractivity contribution is 0.112. The zero-order valence-electron chi connectivity index (χ0n) is 13.8. The molecule has 0 saturated heterocycles. The first kappa shape index (κ1) is 16.6. The predicted molar refractivity (Wildman–Crippen MR) is 111 cm³/mol. The van der Waals surface area contributed by atoms with Gasteiger partial charge in [0.05, 0.1) is 16.7 Å². The molecule has 0 saturated carbocycles. The highest BCUT2D eigenvalue weighted by Gasteiger charge is 2.16. The van der Waals surface area contributed by atoms with Crippen molar-refractivity contribution in [3.8, 4) is 5.69 Å². The number of aryl methyl sites for hydroxylation is 2. The van der Waals surface area contributed by atoms with Crippen molar-refractivity contribution in [3.63, 3.8) is 0 Å². The molecule has 4 heteroatoms. The Bertz CT molecular complexity index is 1080. The molecule has 0 aliphatic rings. The molecule has 0 bridgehead atoms. The van der Waals surface area contributed by atoms with Crippen molar-refractivity contribution >= 4 is 60.0 Å². The number of benzene rings is 3. The van der Waals surface area contributed by atoms with Gasteiger partial charge in [-0.2, -0.15) is 0 Å². The van der Waals surface area contributed by atoms with Crippen molar-refractivity contribution in [1.29, 1.82) is 0 Å². The molecule has 4 aromatic rings. The van der Waals surface area contributed by atoms with Gasteiger partial charge < -0.3 is 4.57 Å². The van der Waals surface area contributed by atoms with E-state index in [4.69, 9.17) is 0 Å². The highest BCUT2D eigenvalue weighted by Crippen LogP contribution is 2.37. The highest BCUT2D eigenvalue weighted by atomic mass is 79.9. The Hall–Kier alpha value is -1.91. The summed E-state index contributed by atoms with van der Waals surface area (Å²) in [7, 11) is 0. The van der Waals surface area contributed by atoms with Crippen LogP contribution in [-0.4, -0.2) is 10.9 Å². The molecule has 4 rings (SSSR count). The van der Waals surface area contributed by atoms with Gasteiger partial charge in [-0.15, -0.1) is 0 Å². The van der Waals surface area contributed by atoms with Crippen LogP contribution in [0.1, 0.15) is 21.5 Å². The molecule has 0 atom stereocenters. The third-order valence-electron chi connectivity index (χ3n) is 4.56. The third kappa shape index (κ3) is 2.64. The van der Waals surface area contributed by atoms with Crippen LogP contribution in [0.2, 0.25) is 0 Å². The first-order valence-electron chi connectivity index (χ1n) is 7.95. The van der Waals surface area contributed by atoms with Crippen molar-refractivity contribution < 1.29 is 4.79 Å². The topological polar surface area (TPSA) is 22.0 Å². The molecule has 3 aromatic carbocycles. The van der Waals surface area contributed by atoms with E-state index in [1.54, 1.807) is 0 Å². The van der Waals surface area contributed by atoms with E-state index in [-0.39, 0.29) is 0 Å². The van der Waals surface area contributed by atoms with Gasteiger partial charge in [-0.1, -0.05) is 44.0 Å². The van der Waals surface area contributed by atoms with Crippen molar-refractivity contribution in [2.24, 2.45) is 0 Å². The van der Waals surface area contributed by atoms with Crippen molar-refractivity contribution in [1.82, 2.24) is 4.57 Å². The molecule has 0 aliphatic carbocycles. The highest BCUT2D eigenvalue weighted by molar-refractivity contribution is 9.10. The monoisotopic (exact) mass is 455 g/mol. The maximum Gasteiger partial charge on any atom is 0.150 e. The Kier molecular flexibility index (Phi) is 4.05. The molecule has 0 unspecified atom stereocenters. The lowest BCUT2D eigenvalue weighted by Crippen LogP contribution is -2.01.